The van der Waals surface area contributed by atoms with Crippen LogP contribution < -0.4 is 10.6 Å². The number of aryl methyl sites for hydroxylation is 2. The molecule has 0 bridgehead atoms. The second-order valence-electron chi connectivity index (χ2n) is 4.64. The van der Waals surface area contributed by atoms with Gasteiger partial charge in [0.2, 0.25) is 0 Å². The standard InChI is InChI=1S/C13H22N2S2/c1-10-7-13(17-11(10)2)8-14-4-3-12-9-16-6-5-15-12/h7,12,14-15H,3-6,8-9H2,1-2H3. The van der Waals surface area contributed by atoms with E-state index in [2.05, 4.69) is 42.3 Å². The molecule has 0 aliphatic carbocycles. The van der Waals surface area contributed by atoms with Gasteiger partial charge in [-0.2, -0.15) is 11.8 Å². The van der Waals surface area contributed by atoms with Crippen LogP contribution in [-0.4, -0.2) is 30.6 Å². The van der Waals surface area contributed by atoms with Crippen molar-refractivity contribution >= 4 is 23.1 Å². The minimum Gasteiger partial charge on any atom is -0.312 e. The van der Waals surface area contributed by atoms with Crippen LogP contribution in [0.5, 0.6) is 0 Å². The van der Waals surface area contributed by atoms with Crippen molar-refractivity contribution in [3.05, 3.63) is 21.4 Å². The zero-order valence-electron chi connectivity index (χ0n) is 10.7. The molecule has 0 radical (unpaired) electrons. The van der Waals surface area contributed by atoms with Gasteiger partial charge in [0.15, 0.2) is 0 Å². The van der Waals surface area contributed by atoms with Crippen LogP contribution in [0.2, 0.25) is 0 Å². The van der Waals surface area contributed by atoms with E-state index in [1.165, 1.54) is 39.8 Å². The quantitative estimate of drug-likeness (QED) is 0.804. The van der Waals surface area contributed by atoms with Gasteiger partial charge in [-0.15, -0.1) is 11.3 Å². The van der Waals surface area contributed by atoms with E-state index in [9.17, 15) is 0 Å². The van der Waals surface area contributed by atoms with Crippen LogP contribution in [0.3, 0.4) is 0 Å². The summed E-state index contributed by atoms with van der Waals surface area (Å²) in [4.78, 5) is 2.91. The van der Waals surface area contributed by atoms with Gasteiger partial charge in [0, 0.05) is 40.4 Å². The Hall–Kier alpha value is -0.0300. The molecule has 2 N–H and O–H groups in total. The molecular formula is C13H22N2S2. The molecule has 96 valence electrons. The summed E-state index contributed by atoms with van der Waals surface area (Å²) in [6.45, 7) is 7.72. The van der Waals surface area contributed by atoms with Gasteiger partial charge in [0.05, 0.1) is 0 Å². The monoisotopic (exact) mass is 270 g/mol. The fourth-order valence-electron chi connectivity index (χ4n) is 2.03. The number of hydrogen-bond acceptors (Lipinski definition) is 4. The molecule has 2 rings (SSSR count). The smallest absolute Gasteiger partial charge is 0.0299 e. The Balaban J connectivity index is 1.62. The van der Waals surface area contributed by atoms with Crippen LogP contribution in [-0.2, 0) is 6.54 Å². The van der Waals surface area contributed by atoms with E-state index < -0.39 is 0 Å². The lowest BCUT2D eigenvalue weighted by atomic mass is 10.2. The summed E-state index contributed by atoms with van der Waals surface area (Å²) in [5.74, 6) is 2.55. The summed E-state index contributed by atoms with van der Waals surface area (Å²) >= 11 is 3.99. The SMILES string of the molecule is Cc1cc(CNCCC2CSCCN2)sc1C. The van der Waals surface area contributed by atoms with Crippen LogP contribution in [0.25, 0.3) is 0 Å². The molecule has 1 aliphatic heterocycles. The van der Waals surface area contributed by atoms with Crippen LogP contribution in [0.1, 0.15) is 21.7 Å². The van der Waals surface area contributed by atoms with Gasteiger partial charge in [-0.25, -0.2) is 0 Å². The van der Waals surface area contributed by atoms with Crippen LogP contribution in [0.4, 0.5) is 0 Å². The maximum Gasteiger partial charge on any atom is 0.0299 e. The first-order valence-electron chi connectivity index (χ1n) is 6.33. The highest BCUT2D eigenvalue weighted by atomic mass is 32.2. The fourth-order valence-corrected chi connectivity index (χ4v) is 4.05. The van der Waals surface area contributed by atoms with E-state index in [0.717, 1.165) is 13.1 Å². The highest BCUT2D eigenvalue weighted by molar-refractivity contribution is 7.99. The first-order chi connectivity index (χ1) is 8.25. The normalized spacial score (nSPS) is 20.7. The molecule has 1 unspecified atom stereocenters. The van der Waals surface area contributed by atoms with Crippen molar-refractivity contribution < 1.29 is 0 Å². The van der Waals surface area contributed by atoms with Gasteiger partial charge in [-0.05, 0) is 38.4 Å². The summed E-state index contributed by atoms with van der Waals surface area (Å²) in [7, 11) is 0. The molecule has 0 aromatic carbocycles. The highest BCUT2D eigenvalue weighted by Gasteiger charge is 2.11. The summed E-state index contributed by atoms with van der Waals surface area (Å²) in [5.41, 5.74) is 1.43. The summed E-state index contributed by atoms with van der Waals surface area (Å²) < 4.78 is 0. The van der Waals surface area contributed by atoms with Gasteiger partial charge in [-0.3, -0.25) is 0 Å². The maximum absolute atomic E-state index is 3.57. The largest absolute Gasteiger partial charge is 0.312 e. The van der Waals surface area contributed by atoms with Gasteiger partial charge >= 0.3 is 0 Å². The van der Waals surface area contributed by atoms with Crippen molar-refractivity contribution in [3.63, 3.8) is 0 Å². The van der Waals surface area contributed by atoms with E-state index in [4.69, 9.17) is 0 Å². The van der Waals surface area contributed by atoms with E-state index in [0.29, 0.717) is 6.04 Å². The van der Waals surface area contributed by atoms with Crippen LogP contribution in [0.15, 0.2) is 6.07 Å². The maximum atomic E-state index is 3.57. The van der Waals surface area contributed by atoms with E-state index in [1.807, 2.05) is 11.3 Å². The minimum atomic E-state index is 0.716. The van der Waals surface area contributed by atoms with Gasteiger partial charge in [-0.1, -0.05) is 0 Å². The van der Waals surface area contributed by atoms with E-state index in [-0.39, 0.29) is 0 Å². The number of thiophene rings is 1. The van der Waals surface area contributed by atoms with Crippen LogP contribution >= 0.6 is 23.1 Å². The molecule has 2 heterocycles. The molecule has 1 saturated heterocycles. The first kappa shape index (κ1) is 13.4. The third-order valence-electron chi connectivity index (χ3n) is 3.18. The lowest BCUT2D eigenvalue weighted by Crippen LogP contribution is -2.39. The molecule has 4 heteroatoms. The molecular weight excluding hydrogens is 248 g/mol. The predicted octanol–water partition coefficient (Wildman–Crippen LogP) is 2.55. The molecule has 2 nitrogen and oxygen atoms in total. The minimum absolute atomic E-state index is 0.716. The molecule has 0 spiro atoms. The average molecular weight is 270 g/mol. The molecule has 1 aromatic heterocycles. The van der Waals surface area contributed by atoms with Crippen molar-refractivity contribution in [2.45, 2.75) is 32.9 Å². The number of thioether (sulfide) groups is 1. The topological polar surface area (TPSA) is 24.1 Å². The van der Waals surface area contributed by atoms with Gasteiger partial charge < -0.3 is 10.6 Å². The van der Waals surface area contributed by atoms with E-state index in [1.54, 1.807) is 0 Å². The van der Waals surface area contributed by atoms with Crippen molar-refractivity contribution in [2.75, 3.05) is 24.6 Å². The Morgan fingerprint density at radius 1 is 1.47 bits per heavy atom. The van der Waals surface area contributed by atoms with Crippen molar-refractivity contribution in [1.29, 1.82) is 0 Å². The van der Waals surface area contributed by atoms with E-state index >= 15 is 0 Å². The Bertz CT molecular complexity index is 324. The Morgan fingerprint density at radius 3 is 3.00 bits per heavy atom. The molecule has 1 fully saturated rings. The number of nitrogens with one attached hydrogen (secondary N) is 2. The average Bonchev–Trinajstić information content (AvgIpc) is 2.66. The third kappa shape index (κ3) is 4.28. The van der Waals surface area contributed by atoms with Crippen molar-refractivity contribution in [1.82, 2.24) is 10.6 Å². The second-order valence-corrected chi connectivity index (χ2v) is 7.13. The number of rotatable bonds is 5. The molecule has 0 amide bonds. The van der Waals surface area contributed by atoms with Gasteiger partial charge in [0.1, 0.15) is 0 Å². The molecule has 1 aromatic rings. The van der Waals surface area contributed by atoms with Crippen LogP contribution in [0, 0.1) is 13.8 Å². The molecule has 0 saturated carbocycles. The second kappa shape index (κ2) is 6.78. The van der Waals surface area contributed by atoms with Crippen molar-refractivity contribution in [2.24, 2.45) is 0 Å². The molecule has 1 atom stereocenters. The Kier molecular flexibility index (Phi) is 5.35. The summed E-state index contributed by atoms with van der Waals surface area (Å²) in [5, 5.41) is 7.12. The van der Waals surface area contributed by atoms with Crippen molar-refractivity contribution in [3.8, 4) is 0 Å². The van der Waals surface area contributed by atoms with Gasteiger partial charge in [0.25, 0.3) is 0 Å². The number of hydrogen-bond donors (Lipinski definition) is 2. The third-order valence-corrected chi connectivity index (χ3v) is 5.47. The Labute approximate surface area is 113 Å². The molecule has 17 heavy (non-hydrogen) atoms. The summed E-state index contributed by atoms with van der Waals surface area (Å²) in [6, 6.07) is 3.02. The lowest BCUT2D eigenvalue weighted by molar-refractivity contribution is 0.504. The fraction of sp³-hybridized carbons (Fsp3) is 0.692. The lowest BCUT2D eigenvalue weighted by Gasteiger charge is -2.23. The highest BCUT2D eigenvalue weighted by Crippen LogP contribution is 2.20. The summed E-state index contributed by atoms with van der Waals surface area (Å²) in [6.07, 6.45) is 1.25. The zero-order chi connectivity index (χ0) is 12.1. The zero-order valence-corrected chi connectivity index (χ0v) is 12.3. The first-order valence-corrected chi connectivity index (χ1v) is 8.30. The Morgan fingerprint density at radius 2 is 2.35 bits per heavy atom. The molecule has 1 aliphatic rings. The predicted molar refractivity (Wildman–Crippen MR) is 79.2 cm³/mol.